The predicted molar refractivity (Wildman–Crippen MR) is 110 cm³/mol. The van der Waals surface area contributed by atoms with Crippen LogP contribution < -0.4 is 10.1 Å². The van der Waals surface area contributed by atoms with Crippen LogP contribution in [0.4, 0.5) is 0 Å². The Labute approximate surface area is 159 Å². The lowest BCUT2D eigenvalue weighted by Gasteiger charge is -2.07. The average molecular weight is 357 g/mol. The van der Waals surface area contributed by atoms with Gasteiger partial charge in [-0.15, -0.1) is 0 Å². The normalized spacial score (nSPS) is 11.0. The first-order valence-electron chi connectivity index (χ1n) is 9.17. The second-order valence-electron chi connectivity index (χ2n) is 6.59. The maximum Gasteiger partial charge on any atom is 0.119 e. The number of nitrogens with one attached hydrogen (secondary N) is 2. The van der Waals surface area contributed by atoms with Crippen LogP contribution in [0.5, 0.6) is 5.75 Å². The summed E-state index contributed by atoms with van der Waals surface area (Å²) in [5.41, 5.74) is 6.16. The molecule has 0 saturated heterocycles. The van der Waals surface area contributed by atoms with Crippen LogP contribution >= 0.6 is 0 Å². The fraction of sp³-hybridized carbons (Fsp3) is 0.174. The van der Waals surface area contributed by atoms with Gasteiger partial charge in [-0.05, 0) is 71.6 Å². The molecule has 4 rings (SSSR count). The van der Waals surface area contributed by atoms with E-state index >= 15 is 0 Å². The first-order valence-corrected chi connectivity index (χ1v) is 9.17. The third-order valence-electron chi connectivity index (χ3n) is 4.82. The van der Waals surface area contributed by atoms with Gasteiger partial charge in [-0.2, -0.15) is 0 Å². The Morgan fingerprint density at radius 2 is 1.89 bits per heavy atom. The summed E-state index contributed by atoms with van der Waals surface area (Å²) in [4.78, 5) is 7.42. The molecule has 0 aliphatic rings. The van der Waals surface area contributed by atoms with Gasteiger partial charge in [-0.3, -0.25) is 4.98 Å². The van der Waals surface area contributed by atoms with E-state index in [4.69, 9.17) is 4.74 Å². The van der Waals surface area contributed by atoms with Gasteiger partial charge in [0.05, 0.1) is 7.11 Å². The Morgan fingerprint density at radius 3 is 2.74 bits per heavy atom. The summed E-state index contributed by atoms with van der Waals surface area (Å²) in [5.74, 6) is 0.893. The van der Waals surface area contributed by atoms with Crippen molar-refractivity contribution >= 4 is 10.9 Å². The molecule has 0 radical (unpaired) electrons. The molecule has 2 aromatic carbocycles. The van der Waals surface area contributed by atoms with Gasteiger partial charge >= 0.3 is 0 Å². The second-order valence-corrected chi connectivity index (χ2v) is 6.59. The number of methoxy groups -OCH3 is 1. The fourth-order valence-corrected chi connectivity index (χ4v) is 3.35. The summed E-state index contributed by atoms with van der Waals surface area (Å²) in [6, 6.07) is 18.9. The minimum Gasteiger partial charge on any atom is -0.497 e. The van der Waals surface area contributed by atoms with Crippen molar-refractivity contribution in [3.05, 3.63) is 84.3 Å². The molecule has 4 aromatic rings. The number of pyridine rings is 1. The van der Waals surface area contributed by atoms with Gasteiger partial charge in [-0.25, -0.2) is 0 Å². The predicted octanol–water partition coefficient (Wildman–Crippen LogP) is 4.57. The molecule has 27 heavy (non-hydrogen) atoms. The minimum atomic E-state index is 0.852. The number of benzene rings is 2. The van der Waals surface area contributed by atoms with Gasteiger partial charge in [0.15, 0.2) is 0 Å². The molecule has 0 spiro atoms. The van der Waals surface area contributed by atoms with Gasteiger partial charge < -0.3 is 15.0 Å². The Bertz CT molecular complexity index is 1020. The average Bonchev–Trinajstić information content (AvgIpc) is 3.14. The van der Waals surface area contributed by atoms with Gasteiger partial charge in [0.2, 0.25) is 0 Å². The van der Waals surface area contributed by atoms with Crippen molar-refractivity contribution in [2.45, 2.75) is 13.0 Å². The molecule has 0 aliphatic heterocycles. The van der Waals surface area contributed by atoms with E-state index in [-0.39, 0.29) is 0 Å². The van der Waals surface area contributed by atoms with Crippen LogP contribution in [0.15, 0.2) is 73.2 Å². The third-order valence-corrected chi connectivity index (χ3v) is 4.82. The first-order chi connectivity index (χ1) is 13.3. The van der Waals surface area contributed by atoms with E-state index in [1.54, 1.807) is 7.11 Å². The molecule has 4 nitrogen and oxygen atoms in total. The number of hydrogen-bond acceptors (Lipinski definition) is 3. The Hall–Kier alpha value is -3.11. The molecule has 0 fully saturated rings. The highest BCUT2D eigenvalue weighted by Gasteiger charge is 2.05. The van der Waals surface area contributed by atoms with Crippen LogP contribution in [-0.2, 0) is 13.0 Å². The summed E-state index contributed by atoms with van der Waals surface area (Å²) in [5, 5.41) is 4.79. The molecule has 2 aromatic heterocycles. The smallest absolute Gasteiger partial charge is 0.119 e. The first kappa shape index (κ1) is 17.3. The Kier molecular flexibility index (Phi) is 5.17. The summed E-state index contributed by atoms with van der Waals surface area (Å²) in [6.07, 6.45) is 6.72. The van der Waals surface area contributed by atoms with E-state index in [1.807, 2.05) is 30.6 Å². The van der Waals surface area contributed by atoms with Crippen LogP contribution in [0.2, 0.25) is 0 Å². The molecule has 0 atom stereocenters. The summed E-state index contributed by atoms with van der Waals surface area (Å²) < 4.78 is 5.34. The number of aromatic amines is 1. The minimum absolute atomic E-state index is 0.852. The number of ether oxygens (including phenoxy) is 1. The van der Waals surface area contributed by atoms with Crippen molar-refractivity contribution in [1.29, 1.82) is 0 Å². The SMILES string of the molecule is COc1ccc2[nH]cc(CCNCc3cccc(-c4ccncc4)c3)c2c1. The van der Waals surface area contributed by atoms with Crippen molar-refractivity contribution in [3.63, 3.8) is 0 Å². The molecule has 0 amide bonds. The van der Waals surface area contributed by atoms with Crippen LogP contribution in [0, 0.1) is 0 Å². The molecule has 0 saturated carbocycles. The molecule has 2 N–H and O–H groups in total. The van der Waals surface area contributed by atoms with Gasteiger partial charge in [0.1, 0.15) is 5.75 Å². The van der Waals surface area contributed by atoms with Crippen LogP contribution in [0.1, 0.15) is 11.1 Å². The number of nitrogens with zero attached hydrogens (tertiary/aromatic N) is 1. The summed E-state index contributed by atoms with van der Waals surface area (Å²) >= 11 is 0. The third kappa shape index (κ3) is 4.01. The van der Waals surface area contributed by atoms with E-state index in [0.717, 1.165) is 30.8 Å². The quantitative estimate of drug-likeness (QED) is 0.476. The second kappa shape index (κ2) is 8.06. The van der Waals surface area contributed by atoms with Gasteiger partial charge in [0.25, 0.3) is 0 Å². The lowest BCUT2D eigenvalue weighted by atomic mass is 10.0. The molecular formula is C23H23N3O. The lowest BCUT2D eigenvalue weighted by Crippen LogP contribution is -2.16. The highest BCUT2D eigenvalue weighted by atomic mass is 16.5. The summed E-state index contributed by atoms with van der Waals surface area (Å²) in [7, 11) is 1.70. The van der Waals surface area contributed by atoms with Crippen LogP contribution in [0.25, 0.3) is 22.0 Å². The lowest BCUT2D eigenvalue weighted by molar-refractivity contribution is 0.415. The van der Waals surface area contributed by atoms with Crippen molar-refractivity contribution in [3.8, 4) is 16.9 Å². The Balaban J connectivity index is 1.37. The van der Waals surface area contributed by atoms with E-state index < -0.39 is 0 Å². The highest BCUT2D eigenvalue weighted by Crippen LogP contribution is 2.24. The number of H-pyrrole nitrogens is 1. The number of fused-ring (bicyclic) bond motifs is 1. The molecule has 2 heterocycles. The molecule has 4 heteroatoms. The highest BCUT2D eigenvalue weighted by molar-refractivity contribution is 5.84. The van der Waals surface area contributed by atoms with Crippen molar-refractivity contribution in [2.75, 3.05) is 13.7 Å². The largest absolute Gasteiger partial charge is 0.497 e. The molecule has 0 bridgehead atoms. The zero-order valence-corrected chi connectivity index (χ0v) is 15.4. The maximum atomic E-state index is 5.34. The maximum absolute atomic E-state index is 5.34. The molecular weight excluding hydrogens is 334 g/mol. The van der Waals surface area contributed by atoms with Crippen molar-refractivity contribution in [1.82, 2.24) is 15.3 Å². The molecule has 0 aliphatic carbocycles. The zero-order valence-electron chi connectivity index (χ0n) is 15.4. The number of hydrogen-bond donors (Lipinski definition) is 2. The summed E-state index contributed by atoms with van der Waals surface area (Å²) in [6.45, 7) is 1.77. The topological polar surface area (TPSA) is 49.9 Å². The van der Waals surface area contributed by atoms with Crippen LogP contribution in [0.3, 0.4) is 0 Å². The van der Waals surface area contributed by atoms with Gasteiger partial charge in [0, 0.05) is 36.0 Å². The molecule has 0 unspecified atom stereocenters. The Morgan fingerprint density at radius 1 is 1.00 bits per heavy atom. The zero-order chi connectivity index (χ0) is 18.5. The number of aromatic nitrogens is 2. The number of rotatable bonds is 7. The van der Waals surface area contributed by atoms with Crippen LogP contribution in [-0.4, -0.2) is 23.6 Å². The fourth-order valence-electron chi connectivity index (χ4n) is 3.35. The van der Waals surface area contributed by atoms with E-state index in [9.17, 15) is 0 Å². The monoisotopic (exact) mass is 357 g/mol. The van der Waals surface area contributed by atoms with Crippen molar-refractivity contribution < 1.29 is 4.74 Å². The van der Waals surface area contributed by atoms with E-state index in [0.29, 0.717) is 0 Å². The van der Waals surface area contributed by atoms with Crippen molar-refractivity contribution in [2.24, 2.45) is 0 Å². The van der Waals surface area contributed by atoms with E-state index in [1.165, 1.54) is 27.6 Å². The standard InChI is InChI=1S/C23H23N3O/c1-27-21-5-6-23-22(14-21)20(16-26-23)9-12-25-15-17-3-2-4-19(13-17)18-7-10-24-11-8-18/h2-8,10-11,13-14,16,25-26H,9,12,15H2,1H3. The van der Waals surface area contributed by atoms with E-state index in [2.05, 4.69) is 57.9 Å². The van der Waals surface area contributed by atoms with Gasteiger partial charge in [-0.1, -0.05) is 18.2 Å². The molecule has 136 valence electrons.